The van der Waals surface area contributed by atoms with Crippen molar-refractivity contribution in [2.24, 2.45) is 0 Å². The smallest absolute Gasteiger partial charge is 0.206 e. The van der Waals surface area contributed by atoms with Gasteiger partial charge in [0.1, 0.15) is 4.90 Å². The third-order valence-corrected chi connectivity index (χ3v) is 6.89. The molecule has 0 unspecified atom stereocenters. The van der Waals surface area contributed by atoms with Crippen molar-refractivity contribution in [3.63, 3.8) is 0 Å². The highest BCUT2D eigenvalue weighted by Gasteiger charge is 2.23. The number of hydrogen-bond donors (Lipinski definition) is 2. The predicted octanol–water partition coefficient (Wildman–Crippen LogP) is 2.78. The lowest BCUT2D eigenvalue weighted by atomic mass is 10.2. The topological polar surface area (TPSA) is 92.3 Å². The number of rotatable bonds is 5. The number of aryl methyl sites for hydroxylation is 2. The number of sulfonamides is 2. The molecule has 0 saturated carbocycles. The van der Waals surface area contributed by atoms with Crippen LogP contribution in [0.3, 0.4) is 0 Å². The molecule has 0 atom stereocenters. The summed E-state index contributed by atoms with van der Waals surface area (Å²) in [5.41, 5.74) is 1.20. The molecule has 0 bridgehead atoms. The zero-order valence-corrected chi connectivity index (χ0v) is 15.8. The summed E-state index contributed by atoms with van der Waals surface area (Å²) in [5.74, 6) is 0. The summed E-state index contributed by atoms with van der Waals surface area (Å²) in [6.45, 7) is 3.34. The standard InChI is InChI=1S/C14H14Cl2N2O4S2/c1-9-6-7-10(2)13(8-9)24(21,22)18-17-23(19,20)12-5-3-4-11(15)14(12)16/h3-8,17-18H,1-2H3. The molecule has 0 aliphatic carbocycles. The monoisotopic (exact) mass is 408 g/mol. The lowest BCUT2D eigenvalue weighted by molar-refractivity contribution is 0.557. The molecule has 2 aromatic carbocycles. The summed E-state index contributed by atoms with van der Waals surface area (Å²) < 4.78 is 49.2. The third kappa shape index (κ3) is 4.08. The maximum atomic E-state index is 12.3. The van der Waals surface area contributed by atoms with Gasteiger partial charge < -0.3 is 0 Å². The highest BCUT2D eigenvalue weighted by atomic mass is 35.5. The minimum Gasteiger partial charge on any atom is -0.206 e. The number of benzene rings is 2. The van der Waals surface area contributed by atoms with E-state index in [4.69, 9.17) is 23.2 Å². The van der Waals surface area contributed by atoms with E-state index < -0.39 is 20.0 Å². The van der Waals surface area contributed by atoms with Crippen molar-refractivity contribution in [2.45, 2.75) is 23.6 Å². The number of hydrazine groups is 1. The van der Waals surface area contributed by atoms with Crippen LogP contribution >= 0.6 is 23.2 Å². The van der Waals surface area contributed by atoms with Crippen molar-refractivity contribution >= 4 is 43.2 Å². The average Bonchev–Trinajstić information content (AvgIpc) is 2.50. The highest BCUT2D eigenvalue weighted by Crippen LogP contribution is 2.28. The Morgan fingerprint density at radius 3 is 2.04 bits per heavy atom. The van der Waals surface area contributed by atoms with Gasteiger partial charge >= 0.3 is 0 Å². The molecule has 24 heavy (non-hydrogen) atoms. The first kappa shape index (κ1) is 19.2. The zero-order valence-electron chi connectivity index (χ0n) is 12.7. The summed E-state index contributed by atoms with van der Waals surface area (Å²) >= 11 is 11.6. The highest BCUT2D eigenvalue weighted by molar-refractivity contribution is 7.92. The normalized spacial score (nSPS) is 12.3. The van der Waals surface area contributed by atoms with Crippen LogP contribution in [0.25, 0.3) is 0 Å². The van der Waals surface area contributed by atoms with Crippen LogP contribution in [-0.2, 0) is 20.0 Å². The van der Waals surface area contributed by atoms with E-state index in [9.17, 15) is 16.8 Å². The first-order valence-electron chi connectivity index (χ1n) is 6.59. The molecule has 130 valence electrons. The minimum absolute atomic E-state index is 0.0256. The zero-order chi connectivity index (χ0) is 18.1. The van der Waals surface area contributed by atoms with Crippen molar-refractivity contribution in [1.82, 2.24) is 9.66 Å². The van der Waals surface area contributed by atoms with Gasteiger partial charge in [-0.1, -0.05) is 41.4 Å². The maximum absolute atomic E-state index is 12.3. The molecule has 2 rings (SSSR count). The van der Waals surface area contributed by atoms with Gasteiger partial charge in [0.05, 0.1) is 14.9 Å². The fourth-order valence-corrected chi connectivity index (χ4v) is 5.10. The van der Waals surface area contributed by atoms with Crippen molar-refractivity contribution in [3.8, 4) is 0 Å². The van der Waals surface area contributed by atoms with Crippen LogP contribution in [0.2, 0.25) is 10.0 Å². The van der Waals surface area contributed by atoms with Gasteiger partial charge in [0.15, 0.2) is 0 Å². The van der Waals surface area contributed by atoms with Crippen molar-refractivity contribution in [1.29, 1.82) is 0 Å². The van der Waals surface area contributed by atoms with Gasteiger partial charge in [0.2, 0.25) is 0 Å². The molecule has 6 nitrogen and oxygen atoms in total. The predicted molar refractivity (Wildman–Crippen MR) is 93.0 cm³/mol. The lowest BCUT2D eigenvalue weighted by Gasteiger charge is -2.12. The quantitative estimate of drug-likeness (QED) is 0.743. The summed E-state index contributed by atoms with van der Waals surface area (Å²) in [5, 5.41) is -0.158. The van der Waals surface area contributed by atoms with E-state index in [0.717, 1.165) is 5.56 Å². The van der Waals surface area contributed by atoms with Gasteiger partial charge in [0, 0.05) is 0 Å². The Morgan fingerprint density at radius 1 is 0.833 bits per heavy atom. The molecule has 2 aromatic rings. The Labute approximate surface area is 150 Å². The van der Waals surface area contributed by atoms with E-state index >= 15 is 0 Å². The fraction of sp³-hybridized carbons (Fsp3) is 0.143. The van der Waals surface area contributed by atoms with E-state index in [2.05, 4.69) is 0 Å². The number of nitrogens with one attached hydrogen (secondary N) is 2. The Kier molecular flexibility index (Phi) is 5.58. The molecule has 0 aliphatic heterocycles. The summed E-state index contributed by atoms with van der Waals surface area (Å²) in [6.07, 6.45) is 0. The number of halogens is 2. The van der Waals surface area contributed by atoms with E-state index in [0.29, 0.717) is 5.56 Å². The molecule has 0 spiro atoms. The van der Waals surface area contributed by atoms with E-state index in [1.54, 1.807) is 26.0 Å². The fourth-order valence-electron chi connectivity index (χ4n) is 1.91. The van der Waals surface area contributed by atoms with Gasteiger partial charge in [-0.2, -0.15) is 0 Å². The van der Waals surface area contributed by atoms with E-state index in [-0.39, 0.29) is 19.8 Å². The molecule has 10 heteroatoms. The van der Waals surface area contributed by atoms with Gasteiger partial charge in [0.25, 0.3) is 20.0 Å². The van der Waals surface area contributed by atoms with Crippen LogP contribution in [0.4, 0.5) is 0 Å². The van der Waals surface area contributed by atoms with Crippen molar-refractivity contribution in [2.75, 3.05) is 0 Å². The van der Waals surface area contributed by atoms with Crippen molar-refractivity contribution < 1.29 is 16.8 Å². The molecule has 0 fully saturated rings. The SMILES string of the molecule is Cc1ccc(C)c(S(=O)(=O)NNS(=O)(=O)c2cccc(Cl)c2Cl)c1. The summed E-state index contributed by atoms with van der Waals surface area (Å²) in [7, 11) is -8.33. The number of hydrogen-bond acceptors (Lipinski definition) is 4. The first-order chi connectivity index (χ1) is 11.0. The molecular weight excluding hydrogens is 395 g/mol. The van der Waals surface area contributed by atoms with E-state index in [1.807, 2.05) is 9.66 Å². The second-order valence-electron chi connectivity index (χ2n) is 5.03. The van der Waals surface area contributed by atoms with Crippen LogP contribution in [0, 0.1) is 13.8 Å². The third-order valence-electron chi connectivity index (χ3n) is 3.15. The molecule has 2 N–H and O–H groups in total. The molecule has 0 radical (unpaired) electrons. The van der Waals surface area contributed by atoms with Crippen LogP contribution in [0.15, 0.2) is 46.2 Å². The minimum atomic E-state index is -4.23. The Bertz CT molecular complexity index is 958. The van der Waals surface area contributed by atoms with Crippen LogP contribution in [0.1, 0.15) is 11.1 Å². The van der Waals surface area contributed by atoms with E-state index in [1.165, 1.54) is 24.3 Å². The van der Waals surface area contributed by atoms with Crippen LogP contribution in [-0.4, -0.2) is 16.8 Å². The molecule has 0 amide bonds. The molecule has 0 aliphatic rings. The Balaban J connectivity index is 2.32. The second kappa shape index (κ2) is 6.99. The van der Waals surface area contributed by atoms with Crippen LogP contribution < -0.4 is 9.66 Å². The maximum Gasteiger partial charge on any atom is 0.255 e. The Morgan fingerprint density at radius 2 is 1.42 bits per heavy atom. The Hall–Kier alpha value is -1.16. The first-order valence-corrected chi connectivity index (χ1v) is 10.3. The molecular formula is C14H14Cl2N2O4S2. The lowest BCUT2D eigenvalue weighted by Crippen LogP contribution is -2.41. The van der Waals surface area contributed by atoms with Crippen molar-refractivity contribution in [3.05, 3.63) is 57.6 Å². The largest absolute Gasteiger partial charge is 0.255 e. The van der Waals surface area contributed by atoms with Gasteiger partial charge in [-0.3, -0.25) is 0 Å². The van der Waals surface area contributed by atoms with Gasteiger partial charge in [-0.25, -0.2) is 16.8 Å². The molecule has 0 saturated heterocycles. The van der Waals surface area contributed by atoms with Crippen LogP contribution in [0.5, 0.6) is 0 Å². The summed E-state index contributed by atoms with van der Waals surface area (Å²) in [4.78, 5) is 3.32. The molecule has 0 aromatic heterocycles. The average molecular weight is 409 g/mol. The van der Waals surface area contributed by atoms with Gasteiger partial charge in [-0.05, 0) is 43.2 Å². The van der Waals surface area contributed by atoms with Gasteiger partial charge in [-0.15, -0.1) is 9.66 Å². The second-order valence-corrected chi connectivity index (χ2v) is 9.12. The molecule has 0 heterocycles. The summed E-state index contributed by atoms with van der Waals surface area (Å²) in [6, 6.07) is 8.85.